The second-order valence-electron chi connectivity index (χ2n) is 10.6. The molecule has 2 aliphatic rings. The summed E-state index contributed by atoms with van der Waals surface area (Å²) in [5.41, 5.74) is 2.44. The molecule has 0 aliphatic carbocycles. The van der Waals surface area contributed by atoms with Gasteiger partial charge in [0.1, 0.15) is 5.54 Å². The van der Waals surface area contributed by atoms with Crippen molar-refractivity contribution in [1.29, 1.82) is 0 Å². The molecule has 6 rings (SSSR count). The highest BCUT2D eigenvalue weighted by atomic mass is 32.1. The highest BCUT2D eigenvalue weighted by molar-refractivity contribution is 7.16. The minimum atomic E-state index is -0.971. The van der Waals surface area contributed by atoms with E-state index in [-0.39, 0.29) is 16.3 Å². The van der Waals surface area contributed by atoms with Gasteiger partial charge in [-0.2, -0.15) is 0 Å². The Morgan fingerprint density at radius 3 is 2.42 bits per heavy atom. The van der Waals surface area contributed by atoms with E-state index in [1.165, 1.54) is 11.3 Å². The van der Waals surface area contributed by atoms with Crippen LogP contribution in [0.5, 0.6) is 0 Å². The number of rotatable bonds is 8. The summed E-state index contributed by atoms with van der Waals surface area (Å²) in [4.78, 5) is 44.6. The lowest BCUT2D eigenvalue weighted by atomic mass is 9.85. The zero-order valence-corrected chi connectivity index (χ0v) is 23.1. The molecule has 0 radical (unpaired) electrons. The number of aromatic carboxylic acids is 1. The monoisotopic (exact) mass is 556 g/mol. The van der Waals surface area contributed by atoms with Crippen LogP contribution < -0.4 is 9.77 Å². The number of nitrogens with zero attached hydrogens (tertiary/aromatic N) is 4. The molecular weight excluding hydrogens is 524 g/mol. The number of aryl methyl sites for hydroxylation is 1. The maximum Gasteiger partial charge on any atom is 0.335 e. The molecule has 9 heteroatoms. The van der Waals surface area contributed by atoms with Crippen LogP contribution in [0.2, 0.25) is 0 Å². The van der Waals surface area contributed by atoms with Gasteiger partial charge in [-0.25, -0.2) is 4.79 Å². The number of benzene rings is 3. The van der Waals surface area contributed by atoms with Gasteiger partial charge in [0, 0.05) is 31.9 Å². The quantitative estimate of drug-likeness (QED) is 0.344. The number of piperidine rings is 1. The Kier molecular flexibility index (Phi) is 7.16. The molecule has 0 bridgehead atoms. The number of hydrogen-bond donors (Lipinski definition) is 1. The zero-order chi connectivity index (χ0) is 27.7. The van der Waals surface area contributed by atoms with Crippen LogP contribution in [0.3, 0.4) is 0 Å². The van der Waals surface area contributed by atoms with Gasteiger partial charge < -0.3 is 19.8 Å². The third-order valence-electron chi connectivity index (χ3n) is 8.24. The third kappa shape index (κ3) is 4.91. The molecule has 40 heavy (non-hydrogen) atoms. The third-order valence-corrected chi connectivity index (χ3v) is 9.20. The maximum absolute atomic E-state index is 14.0. The molecule has 1 amide bonds. The van der Waals surface area contributed by atoms with Crippen molar-refractivity contribution in [2.45, 2.75) is 37.9 Å². The predicted molar refractivity (Wildman–Crippen MR) is 157 cm³/mol. The number of carboxylic acids is 1. The molecule has 3 heterocycles. The van der Waals surface area contributed by atoms with Gasteiger partial charge in [0.05, 0.1) is 22.4 Å². The summed E-state index contributed by atoms with van der Waals surface area (Å²) < 4.78 is 2.90. The molecule has 1 spiro atoms. The van der Waals surface area contributed by atoms with Gasteiger partial charge in [0.15, 0.2) is 0 Å². The topological polar surface area (TPSA) is 86.1 Å². The summed E-state index contributed by atoms with van der Waals surface area (Å²) in [7, 11) is 0. The Balaban J connectivity index is 1.15. The van der Waals surface area contributed by atoms with E-state index in [0.717, 1.165) is 47.5 Å². The molecule has 3 aromatic carbocycles. The van der Waals surface area contributed by atoms with Crippen LogP contribution in [0.15, 0.2) is 83.7 Å². The van der Waals surface area contributed by atoms with Gasteiger partial charge in [0.25, 0.3) is 0 Å². The molecule has 0 unspecified atom stereocenters. The summed E-state index contributed by atoms with van der Waals surface area (Å²) in [5.74, 6) is -0.866. The Morgan fingerprint density at radius 2 is 1.65 bits per heavy atom. The first kappa shape index (κ1) is 26.3. The van der Waals surface area contributed by atoms with E-state index in [9.17, 15) is 19.5 Å². The van der Waals surface area contributed by atoms with Crippen LogP contribution >= 0.6 is 11.3 Å². The average Bonchev–Trinajstić information content (AvgIpc) is 3.43. The molecule has 1 aromatic heterocycles. The second-order valence-corrected chi connectivity index (χ2v) is 11.6. The highest BCUT2D eigenvalue weighted by Gasteiger charge is 2.53. The summed E-state index contributed by atoms with van der Waals surface area (Å²) >= 11 is 1.30. The first-order valence-corrected chi connectivity index (χ1v) is 14.5. The predicted octanol–water partition coefficient (Wildman–Crippen LogP) is 4.49. The van der Waals surface area contributed by atoms with Gasteiger partial charge >= 0.3 is 10.8 Å². The first-order chi connectivity index (χ1) is 19.4. The number of para-hydroxylation sites is 2. The molecule has 206 valence electrons. The van der Waals surface area contributed by atoms with Crippen LogP contribution in [0.4, 0.5) is 5.69 Å². The lowest BCUT2D eigenvalue weighted by Gasteiger charge is -2.43. The first-order valence-electron chi connectivity index (χ1n) is 13.7. The molecule has 4 aromatic rings. The number of hydrogen-bond acceptors (Lipinski definition) is 6. The number of carbonyl (C=O) groups excluding carboxylic acids is 1. The van der Waals surface area contributed by atoms with Crippen molar-refractivity contribution >= 4 is 39.1 Å². The van der Waals surface area contributed by atoms with Crippen molar-refractivity contribution < 1.29 is 14.7 Å². The molecule has 0 atom stereocenters. The van der Waals surface area contributed by atoms with Crippen molar-refractivity contribution in [1.82, 2.24) is 14.4 Å². The highest BCUT2D eigenvalue weighted by Crippen LogP contribution is 2.40. The van der Waals surface area contributed by atoms with Gasteiger partial charge in [-0.05, 0) is 67.8 Å². The second kappa shape index (κ2) is 10.9. The number of amides is 1. The van der Waals surface area contributed by atoms with Gasteiger partial charge in [-0.3, -0.25) is 14.2 Å². The minimum Gasteiger partial charge on any atom is -0.478 e. The normalized spacial score (nSPS) is 17.2. The average molecular weight is 557 g/mol. The Morgan fingerprint density at radius 1 is 0.900 bits per heavy atom. The summed E-state index contributed by atoms with van der Waals surface area (Å²) in [5, 5.41) is 9.40. The number of aromatic nitrogens is 1. The minimum absolute atomic E-state index is 0.0860. The molecule has 2 saturated heterocycles. The van der Waals surface area contributed by atoms with Crippen molar-refractivity contribution in [3.05, 3.63) is 99.7 Å². The molecule has 1 N–H and O–H groups in total. The van der Waals surface area contributed by atoms with Crippen molar-refractivity contribution in [3.63, 3.8) is 0 Å². The lowest BCUT2D eigenvalue weighted by Crippen LogP contribution is -2.56. The molecule has 8 nitrogen and oxygen atoms in total. The van der Waals surface area contributed by atoms with Gasteiger partial charge in [0.2, 0.25) is 5.91 Å². The Labute approximate surface area is 236 Å². The van der Waals surface area contributed by atoms with Crippen LogP contribution in [0.1, 0.15) is 35.2 Å². The Bertz CT molecular complexity index is 1590. The standard InChI is InChI=1S/C31H32N4O4S/c36-28(37)24-9-6-8-23(20-24)21-33-22-35(25-10-2-1-3-11-25)31(29(33)38)14-18-32(19-15-31)16-7-17-34-26-12-4-5-13-27(26)40-30(34)39/h1-6,8-13,20H,7,14-19,21-22H2,(H,36,37). The summed E-state index contributed by atoms with van der Waals surface area (Å²) in [6, 6.07) is 24.8. The van der Waals surface area contributed by atoms with Crippen LogP contribution in [0, 0.1) is 0 Å². The van der Waals surface area contributed by atoms with Crippen LogP contribution in [0.25, 0.3) is 10.2 Å². The van der Waals surface area contributed by atoms with Crippen LogP contribution in [-0.2, 0) is 17.9 Å². The van der Waals surface area contributed by atoms with Crippen molar-refractivity contribution in [3.8, 4) is 0 Å². The number of carboxylic acid groups (broad SMARTS) is 1. The molecule has 2 aliphatic heterocycles. The van der Waals surface area contributed by atoms with E-state index in [4.69, 9.17) is 0 Å². The fourth-order valence-corrected chi connectivity index (χ4v) is 7.09. The maximum atomic E-state index is 14.0. The van der Waals surface area contributed by atoms with Gasteiger partial charge in [-0.1, -0.05) is 53.8 Å². The van der Waals surface area contributed by atoms with E-state index in [1.807, 2.05) is 58.0 Å². The van der Waals surface area contributed by atoms with Crippen molar-refractivity contribution in [2.24, 2.45) is 0 Å². The van der Waals surface area contributed by atoms with E-state index in [1.54, 1.807) is 18.2 Å². The van der Waals surface area contributed by atoms with E-state index < -0.39 is 11.5 Å². The fraction of sp³-hybridized carbons (Fsp3) is 0.323. The molecule has 2 fully saturated rings. The number of likely N-dealkylation sites (tertiary alicyclic amines) is 1. The SMILES string of the molecule is O=C(O)c1cccc(CN2CN(c3ccccc3)C3(CCN(CCCn4c(=O)sc5ccccc54)CC3)C2=O)c1. The van der Waals surface area contributed by atoms with Crippen molar-refractivity contribution in [2.75, 3.05) is 31.2 Å². The summed E-state index contributed by atoms with van der Waals surface area (Å²) in [6.45, 7) is 4.00. The fourth-order valence-electron chi connectivity index (χ4n) is 6.17. The molecule has 0 saturated carbocycles. The van der Waals surface area contributed by atoms with Crippen LogP contribution in [-0.4, -0.2) is 63.2 Å². The smallest absolute Gasteiger partial charge is 0.335 e. The van der Waals surface area contributed by atoms with E-state index >= 15 is 0 Å². The molecular formula is C31H32N4O4S. The largest absolute Gasteiger partial charge is 0.478 e. The van der Waals surface area contributed by atoms with Gasteiger partial charge in [-0.15, -0.1) is 0 Å². The number of fused-ring (bicyclic) bond motifs is 1. The summed E-state index contributed by atoms with van der Waals surface area (Å²) in [6.07, 6.45) is 2.30. The number of thiazole rings is 1. The zero-order valence-electron chi connectivity index (χ0n) is 22.2. The van der Waals surface area contributed by atoms with E-state index in [0.29, 0.717) is 32.6 Å². The number of carbonyl (C=O) groups is 2. The number of anilines is 1. The Hall–Kier alpha value is -3.95. The lowest BCUT2D eigenvalue weighted by molar-refractivity contribution is -0.134. The van der Waals surface area contributed by atoms with E-state index in [2.05, 4.69) is 21.9 Å².